The number of nitrogens with zero attached hydrogens (tertiary/aromatic N) is 1. The zero-order chi connectivity index (χ0) is 10.7. The molecule has 2 N–H and O–H groups in total. The summed E-state index contributed by atoms with van der Waals surface area (Å²) in [5.41, 5.74) is 0.0516. The summed E-state index contributed by atoms with van der Waals surface area (Å²) in [6, 6.07) is 0.467. The van der Waals surface area contributed by atoms with E-state index < -0.39 is 0 Å². The van der Waals surface area contributed by atoms with Crippen molar-refractivity contribution in [1.29, 1.82) is 0 Å². The van der Waals surface area contributed by atoms with Crippen LogP contribution in [-0.4, -0.2) is 37.8 Å². The fourth-order valence-corrected chi connectivity index (χ4v) is 2.38. The minimum atomic E-state index is 0.0516. The lowest BCUT2D eigenvalue weighted by Crippen LogP contribution is -2.46. The molecule has 0 bridgehead atoms. The average molecular weight is 211 g/mol. The molecule has 2 rings (SSSR count). The van der Waals surface area contributed by atoms with Gasteiger partial charge in [0, 0.05) is 19.7 Å². The van der Waals surface area contributed by atoms with Gasteiger partial charge in [0.05, 0.1) is 12.1 Å². The molecule has 0 aromatic carbocycles. The first-order valence-electron chi connectivity index (χ1n) is 5.84. The molecule has 86 valence electrons. The largest absolute Gasteiger partial charge is 0.376 e. The molecule has 0 amide bonds. The second-order valence-corrected chi connectivity index (χ2v) is 4.68. The van der Waals surface area contributed by atoms with Gasteiger partial charge in [0.2, 0.25) is 0 Å². The van der Waals surface area contributed by atoms with E-state index in [1.807, 2.05) is 7.11 Å². The Morgan fingerprint density at radius 3 is 2.80 bits per heavy atom. The Morgan fingerprint density at radius 1 is 1.53 bits per heavy atom. The van der Waals surface area contributed by atoms with Crippen LogP contribution >= 0.6 is 0 Å². The van der Waals surface area contributed by atoms with Gasteiger partial charge in [0.25, 0.3) is 0 Å². The van der Waals surface area contributed by atoms with E-state index in [2.05, 4.69) is 22.5 Å². The molecule has 0 aromatic rings. The van der Waals surface area contributed by atoms with Crippen LogP contribution in [0.3, 0.4) is 0 Å². The predicted molar refractivity (Wildman–Crippen MR) is 61.1 cm³/mol. The van der Waals surface area contributed by atoms with Gasteiger partial charge in [0.1, 0.15) is 0 Å². The van der Waals surface area contributed by atoms with Gasteiger partial charge in [-0.15, -0.1) is 0 Å². The SMILES string of the molecule is COC1(CNC2=NCC(C)N2)CCCC1. The lowest BCUT2D eigenvalue weighted by atomic mass is 10.0. The standard InChI is InChI=1S/C11H21N3O/c1-9-7-12-10(14-9)13-8-11(15-2)5-3-4-6-11/h9H,3-8H2,1-2H3,(H2,12,13,14). The second-order valence-electron chi connectivity index (χ2n) is 4.68. The Kier molecular flexibility index (Phi) is 3.14. The number of aliphatic imine (C=N–C) groups is 1. The maximum atomic E-state index is 5.64. The lowest BCUT2D eigenvalue weighted by Gasteiger charge is -2.28. The van der Waals surface area contributed by atoms with Gasteiger partial charge < -0.3 is 15.4 Å². The Balaban J connectivity index is 1.81. The Bertz CT molecular complexity index is 246. The quantitative estimate of drug-likeness (QED) is 0.728. The maximum Gasteiger partial charge on any atom is 0.191 e. The number of hydrogen-bond donors (Lipinski definition) is 2. The molecule has 0 saturated heterocycles. The summed E-state index contributed by atoms with van der Waals surface area (Å²) in [5.74, 6) is 0.936. The molecule has 1 unspecified atom stereocenters. The number of methoxy groups -OCH3 is 1. The van der Waals surface area contributed by atoms with E-state index in [1.165, 1.54) is 25.7 Å². The molecule has 4 nitrogen and oxygen atoms in total. The molecule has 0 aromatic heterocycles. The Morgan fingerprint density at radius 2 is 2.27 bits per heavy atom. The minimum Gasteiger partial charge on any atom is -0.376 e. The molecule has 1 aliphatic heterocycles. The summed E-state index contributed by atoms with van der Waals surface area (Å²) >= 11 is 0. The van der Waals surface area contributed by atoms with Crippen molar-refractivity contribution in [1.82, 2.24) is 10.6 Å². The first-order valence-corrected chi connectivity index (χ1v) is 5.84. The van der Waals surface area contributed by atoms with Gasteiger partial charge in [-0.1, -0.05) is 12.8 Å². The van der Waals surface area contributed by atoms with Gasteiger partial charge in [-0.2, -0.15) is 0 Å². The summed E-state index contributed by atoms with van der Waals surface area (Å²) in [6.07, 6.45) is 4.90. The van der Waals surface area contributed by atoms with Gasteiger partial charge in [-0.25, -0.2) is 0 Å². The number of nitrogens with one attached hydrogen (secondary N) is 2. The van der Waals surface area contributed by atoms with Gasteiger partial charge in [-0.05, 0) is 19.8 Å². The third-order valence-electron chi connectivity index (χ3n) is 3.43. The van der Waals surface area contributed by atoms with Gasteiger partial charge in [-0.3, -0.25) is 4.99 Å². The summed E-state index contributed by atoms with van der Waals surface area (Å²) in [6.45, 7) is 3.89. The highest BCUT2D eigenvalue weighted by molar-refractivity contribution is 5.81. The van der Waals surface area contributed by atoms with Crippen molar-refractivity contribution in [3.63, 3.8) is 0 Å². The van der Waals surface area contributed by atoms with Crippen LogP contribution in [0.5, 0.6) is 0 Å². The van der Waals surface area contributed by atoms with E-state index in [-0.39, 0.29) is 5.60 Å². The van der Waals surface area contributed by atoms with Crippen molar-refractivity contribution in [3.05, 3.63) is 0 Å². The number of hydrogen-bond acceptors (Lipinski definition) is 4. The van der Waals surface area contributed by atoms with Crippen LogP contribution in [0, 0.1) is 0 Å². The lowest BCUT2D eigenvalue weighted by molar-refractivity contribution is 0.000125. The van der Waals surface area contributed by atoms with E-state index in [1.54, 1.807) is 0 Å². The van der Waals surface area contributed by atoms with Crippen LogP contribution < -0.4 is 10.6 Å². The Hall–Kier alpha value is -0.770. The maximum absolute atomic E-state index is 5.64. The van der Waals surface area contributed by atoms with E-state index in [9.17, 15) is 0 Å². The number of ether oxygens (including phenoxy) is 1. The van der Waals surface area contributed by atoms with Crippen LogP contribution in [0.25, 0.3) is 0 Å². The summed E-state index contributed by atoms with van der Waals surface area (Å²) in [5, 5.41) is 6.66. The van der Waals surface area contributed by atoms with Crippen LogP contribution in [0.2, 0.25) is 0 Å². The highest BCUT2D eigenvalue weighted by Crippen LogP contribution is 2.31. The van der Waals surface area contributed by atoms with Crippen LogP contribution in [0.15, 0.2) is 4.99 Å². The normalized spacial score (nSPS) is 28.7. The fraction of sp³-hybridized carbons (Fsp3) is 0.909. The highest BCUT2D eigenvalue weighted by Gasteiger charge is 2.34. The average Bonchev–Trinajstić information content (AvgIpc) is 2.85. The molecular weight excluding hydrogens is 190 g/mol. The first kappa shape index (κ1) is 10.7. The molecular formula is C11H21N3O. The van der Waals surface area contributed by atoms with Crippen molar-refractivity contribution >= 4 is 5.96 Å². The van der Waals surface area contributed by atoms with Crippen molar-refractivity contribution in [3.8, 4) is 0 Å². The second kappa shape index (κ2) is 4.39. The topological polar surface area (TPSA) is 45.6 Å². The molecule has 4 heteroatoms. The monoisotopic (exact) mass is 211 g/mol. The molecule has 1 fully saturated rings. The first-order chi connectivity index (χ1) is 7.24. The molecule has 0 radical (unpaired) electrons. The molecule has 1 heterocycles. The zero-order valence-corrected chi connectivity index (χ0v) is 9.68. The molecule has 0 spiro atoms. The predicted octanol–water partition coefficient (Wildman–Crippen LogP) is 0.883. The third-order valence-corrected chi connectivity index (χ3v) is 3.43. The third kappa shape index (κ3) is 2.43. The molecule has 1 aliphatic carbocycles. The van der Waals surface area contributed by atoms with E-state index in [0.717, 1.165) is 19.0 Å². The van der Waals surface area contributed by atoms with Crippen molar-refractivity contribution < 1.29 is 4.74 Å². The smallest absolute Gasteiger partial charge is 0.191 e. The zero-order valence-electron chi connectivity index (χ0n) is 9.68. The number of rotatable bonds is 3. The van der Waals surface area contributed by atoms with Crippen LogP contribution in [-0.2, 0) is 4.74 Å². The van der Waals surface area contributed by atoms with Crippen molar-refractivity contribution in [2.24, 2.45) is 4.99 Å². The fourth-order valence-electron chi connectivity index (χ4n) is 2.38. The summed E-state index contributed by atoms with van der Waals surface area (Å²) < 4.78 is 5.64. The summed E-state index contributed by atoms with van der Waals surface area (Å²) in [4.78, 5) is 4.38. The molecule has 1 atom stereocenters. The van der Waals surface area contributed by atoms with E-state index in [4.69, 9.17) is 4.74 Å². The van der Waals surface area contributed by atoms with Gasteiger partial charge >= 0.3 is 0 Å². The van der Waals surface area contributed by atoms with Crippen molar-refractivity contribution in [2.75, 3.05) is 20.2 Å². The molecule has 1 saturated carbocycles. The van der Waals surface area contributed by atoms with E-state index in [0.29, 0.717) is 6.04 Å². The number of guanidine groups is 1. The molecule has 15 heavy (non-hydrogen) atoms. The highest BCUT2D eigenvalue weighted by atomic mass is 16.5. The van der Waals surface area contributed by atoms with Crippen molar-refractivity contribution in [2.45, 2.75) is 44.2 Å². The molecule has 2 aliphatic rings. The van der Waals surface area contributed by atoms with E-state index >= 15 is 0 Å². The Labute approximate surface area is 91.5 Å². The summed E-state index contributed by atoms with van der Waals surface area (Å²) in [7, 11) is 1.82. The van der Waals surface area contributed by atoms with Crippen LogP contribution in [0.4, 0.5) is 0 Å². The van der Waals surface area contributed by atoms with Gasteiger partial charge in [0.15, 0.2) is 5.96 Å². The van der Waals surface area contributed by atoms with Crippen LogP contribution in [0.1, 0.15) is 32.6 Å². The minimum absolute atomic E-state index is 0.0516.